The van der Waals surface area contributed by atoms with E-state index in [2.05, 4.69) is 21.2 Å². The highest BCUT2D eigenvalue weighted by Crippen LogP contribution is 2.27. The molecule has 0 unspecified atom stereocenters. The molecule has 1 amide bonds. The van der Waals surface area contributed by atoms with Crippen LogP contribution in [-0.4, -0.2) is 5.91 Å². The summed E-state index contributed by atoms with van der Waals surface area (Å²) in [5.74, 6) is -0.267. The molecule has 5 heteroatoms. The van der Waals surface area contributed by atoms with Gasteiger partial charge in [-0.3, -0.25) is 4.79 Å². The Bertz CT molecular complexity index is 643. The van der Waals surface area contributed by atoms with Crippen LogP contribution in [0.1, 0.15) is 15.9 Å². The van der Waals surface area contributed by atoms with Crippen LogP contribution in [0.3, 0.4) is 0 Å². The van der Waals surface area contributed by atoms with Gasteiger partial charge in [0.25, 0.3) is 5.91 Å². The van der Waals surface area contributed by atoms with Crippen LogP contribution in [-0.2, 0) is 0 Å². The summed E-state index contributed by atoms with van der Waals surface area (Å²) in [5.41, 5.74) is 1.91. The van der Waals surface area contributed by atoms with E-state index in [0.29, 0.717) is 21.3 Å². The van der Waals surface area contributed by atoms with Crippen LogP contribution in [0.4, 0.5) is 5.69 Å². The Morgan fingerprint density at radius 3 is 2.68 bits per heavy atom. The first-order valence-electron chi connectivity index (χ1n) is 5.50. The molecule has 0 spiro atoms. The summed E-state index contributed by atoms with van der Waals surface area (Å²) in [7, 11) is 0. The summed E-state index contributed by atoms with van der Waals surface area (Å²) in [6.07, 6.45) is 0. The Hall–Kier alpha value is -1.03. The van der Waals surface area contributed by atoms with Gasteiger partial charge in [0.1, 0.15) is 0 Å². The highest BCUT2D eigenvalue weighted by molar-refractivity contribution is 9.10. The fourth-order valence-electron chi connectivity index (χ4n) is 1.61. The number of halogens is 3. The molecule has 1 N–H and O–H groups in total. The number of carbonyl (C=O) groups excluding carboxylic acids is 1. The zero-order valence-corrected chi connectivity index (χ0v) is 13.1. The number of anilines is 1. The maximum atomic E-state index is 12.2. The second-order valence-corrected chi connectivity index (χ2v) is 5.68. The number of nitrogens with one attached hydrogen (secondary N) is 1. The minimum atomic E-state index is -0.267. The normalized spacial score (nSPS) is 10.3. The molecular formula is C14H10BrCl2NO. The third kappa shape index (κ3) is 3.30. The average Bonchev–Trinajstić information content (AvgIpc) is 2.37. The predicted octanol–water partition coefficient (Wildman–Crippen LogP) is 5.32. The van der Waals surface area contributed by atoms with Crippen molar-refractivity contribution in [3.63, 3.8) is 0 Å². The lowest BCUT2D eigenvalue weighted by atomic mass is 10.1. The second kappa shape index (κ2) is 5.95. The van der Waals surface area contributed by atoms with Crippen molar-refractivity contribution in [2.45, 2.75) is 6.92 Å². The lowest BCUT2D eigenvalue weighted by Crippen LogP contribution is -2.13. The largest absolute Gasteiger partial charge is 0.321 e. The van der Waals surface area contributed by atoms with Crippen LogP contribution in [0.15, 0.2) is 40.9 Å². The molecule has 0 radical (unpaired) electrons. The van der Waals surface area contributed by atoms with Gasteiger partial charge in [0.15, 0.2) is 0 Å². The molecule has 0 heterocycles. The molecule has 0 saturated heterocycles. The molecule has 2 rings (SSSR count). The molecule has 19 heavy (non-hydrogen) atoms. The predicted molar refractivity (Wildman–Crippen MR) is 83.3 cm³/mol. The van der Waals surface area contributed by atoms with Gasteiger partial charge in [-0.2, -0.15) is 0 Å². The first-order chi connectivity index (χ1) is 8.99. The number of rotatable bonds is 2. The van der Waals surface area contributed by atoms with Gasteiger partial charge in [-0.05, 0) is 52.7 Å². The first-order valence-corrected chi connectivity index (χ1v) is 7.05. The molecule has 0 aromatic heterocycles. The van der Waals surface area contributed by atoms with E-state index >= 15 is 0 Å². The Morgan fingerprint density at radius 1 is 1.21 bits per heavy atom. The Labute approximate surface area is 129 Å². The fraction of sp³-hybridized carbons (Fsp3) is 0.0714. The van der Waals surface area contributed by atoms with Crippen molar-refractivity contribution in [1.29, 1.82) is 0 Å². The Morgan fingerprint density at radius 2 is 1.95 bits per heavy atom. The maximum absolute atomic E-state index is 12.2. The molecule has 0 aliphatic rings. The smallest absolute Gasteiger partial charge is 0.257 e. The third-order valence-electron chi connectivity index (χ3n) is 2.61. The molecule has 0 atom stereocenters. The Balaban J connectivity index is 2.31. The fourth-order valence-corrected chi connectivity index (χ4v) is 2.34. The van der Waals surface area contributed by atoms with Crippen LogP contribution >= 0.6 is 39.1 Å². The van der Waals surface area contributed by atoms with Crippen LogP contribution in [0.25, 0.3) is 0 Å². The summed E-state index contributed by atoms with van der Waals surface area (Å²) in [6.45, 7) is 1.86. The molecule has 0 bridgehead atoms. The molecular weight excluding hydrogens is 349 g/mol. The zero-order chi connectivity index (χ0) is 14.0. The van der Waals surface area contributed by atoms with E-state index in [1.54, 1.807) is 30.3 Å². The monoisotopic (exact) mass is 357 g/mol. The topological polar surface area (TPSA) is 29.1 Å². The summed E-state index contributed by atoms with van der Waals surface area (Å²) in [5, 5.41) is 3.79. The number of hydrogen-bond acceptors (Lipinski definition) is 1. The summed E-state index contributed by atoms with van der Waals surface area (Å²) in [4.78, 5) is 12.2. The van der Waals surface area contributed by atoms with Crippen molar-refractivity contribution in [2.75, 3.05) is 5.32 Å². The molecule has 2 nitrogen and oxygen atoms in total. The minimum Gasteiger partial charge on any atom is -0.321 e. The highest BCUT2D eigenvalue weighted by Gasteiger charge is 2.13. The molecule has 2 aromatic carbocycles. The van der Waals surface area contributed by atoms with E-state index in [1.807, 2.05) is 13.0 Å². The summed E-state index contributed by atoms with van der Waals surface area (Å²) in [6, 6.07) is 10.5. The maximum Gasteiger partial charge on any atom is 0.257 e. The second-order valence-electron chi connectivity index (χ2n) is 4.01. The van der Waals surface area contributed by atoms with Crippen LogP contribution in [0.5, 0.6) is 0 Å². The van der Waals surface area contributed by atoms with Crippen LogP contribution in [0, 0.1) is 6.92 Å². The van der Waals surface area contributed by atoms with E-state index in [1.165, 1.54) is 0 Å². The van der Waals surface area contributed by atoms with Crippen molar-refractivity contribution < 1.29 is 4.79 Å². The summed E-state index contributed by atoms with van der Waals surface area (Å²) < 4.78 is 0.758. The number of aryl methyl sites for hydroxylation is 1. The minimum absolute atomic E-state index is 0.267. The number of amides is 1. The van der Waals surface area contributed by atoms with Crippen molar-refractivity contribution in [3.8, 4) is 0 Å². The molecule has 98 valence electrons. The third-order valence-corrected chi connectivity index (χ3v) is 4.04. The van der Waals surface area contributed by atoms with Crippen molar-refractivity contribution in [1.82, 2.24) is 0 Å². The molecule has 0 fully saturated rings. The van der Waals surface area contributed by atoms with E-state index in [0.717, 1.165) is 10.0 Å². The lowest BCUT2D eigenvalue weighted by Gasteiger charge is -2.10. The van der Waals surface area contributed by atoms with E-state index in [-0.39, 0.29) is 5.91 Å². The van der Waals surface area contributed by atoms with Crippen LogP contribution < -0.4 is 5.32 Å². The number of hydrogen-bond donors (Lipinski definition) is 1. The van der Waals surface area contributed by atoms with Crippen molar-refractivity contribution >= 4 is 50.7 Å². The Kier molecular flexibility index (Phi) is 4.50. The van der Waals surface area contributed by atoms with E-state index in [4.69, 9.17) is 23.2 Å². The molecule has 2 aromatic rings. The van der Waals surface area contributed by atoms with Crippen molar-refractivity contribution in [2.24, 2.45) is 0 Å². The SMILES string of the molecule is Cc1cccc(C(=O)Nc2cc(Cl)ccc2Br)c1Cl. The quantitative estimate of drug-likeness (QED) is 0.773. The molecule has 0 aliphatic carbocycles. The van der Waals surface area contributed by atoms with Gasteiger partial charge in [0.05, 0.1) is 16.3 Å². The molecule has 0 saturated carbocycles. The highest BCUT2D eigenvalue weighted by atomic mass is 79.9. The van der Waals surface area contributed by atoms with Gasteiger partial charge in [-0.1, -0.05) is 35.3 Å². The van der Waals surface area contributed by atoms with Gasteiger partial charge in [0.2, 0.25) is 0 Å². The van der Waals surface area contributed by atoms with Gasteiger partial charge in [0, 0.05) is 9.50 Å². The van der Waals surface area contributed by atoms with Gasteiger partial charge in [-0.15, -0.1) is 0 Å². The van der Waals surface area contributed by atoms with Gasteiger partial charge >= 0.3 is 0 Å². The number of benzene rings is 2. The van der Waals surface area contributed by atoms with Gasteiger partial charge in [-0.25, -0.2) is 0 Å². The standard InChI is InChI=1S/C14H10BrCl2NO/c1-8-3-2-4-10(13(8)17)14(19)18-12-7-9(16)5-6-11(12)15/h2-7H,1H3,(H,18,19). The van der Waals surface area contributed by atoms with Crippen molar-refractivity contribution in [3.05, 3.63) is 62.0 Å². The first kappa shape index (κ1) is 14.4. The van der Waals surface area contributed by atoms with E-state index in [9.17, 15) is 4.79 Å². The number of carbonyl (C=O) groups is 1. The lowest BCUT2D eigenvalue weighted by molar-refractivity contribution is 0.102. The van der Waals surface area contributed by atoms with E-state index < -0.39 is 0 Å². The average molecular weight is 359 g/mol. The zero-order valence-electron chi connectivity index (χ0n) is 10.0. The molecule has 0 aliphatic heterocycles. The van der Waals surface area contributed by atoms with Gasteiger partial charge < -0.3 is 5.32 Å². The van der Waals surface area contributed by atoms with Crippen LogP contribution in [0.2, 0.25) is 10.0 Å². The summed E-state index contributed by atoms with van der Waals surface area (Å²) >= 11 is 15.4.